The van der Waals surface area contributed by atoms with Gasteiger partial charge in [-0.05, 0) is 229 Å². The van der Waals surface area contributed by atoms with Gasteiger partial charge in [-0.15, -0.1) is 0 Å². The minimum absolute atomic E-state index is 1.16. The summed E-state index contributed by atoms with van der Waals surface area (Å²) in [5.74, 6) is 21.4. The van der Waals surface area contributed by atoms with E-state index in [0.29, 0.717) is 0 Å². The summed E-state index contributed by atoms with van der Waals surface area (Å²) in [6, 6.07) is 0. The van der Waals surface area contributed by atoms with Crippen LogP contribution in [0.25, 0.3) is 0 Å². The van der Waals surface area contributed by atoms with E-state index < -0.39 is 0 Å². The molecule has 0 aromatic carbocycles. The van der Waals surface area contributed by atoms with Gasteiger partial charge in [0, 0.05) is 0 Å². The monoisotopic (exact) mass is 1590 g/mol. The fourth-order valence-corrected chi connectivity index (χ4v) is 25.1. The molecule has 21 aliphatic rings. The van der Waals surface area contributed by atoms with Crippen LogP contribution in [0.1, 0.15) is 621 Å². The molecule has 21 fully saturated rings. The first-order chi connectivity index (χ1) is 56.2. The van der Waals surface area contributed by atoms with E-state index in [9.17, 15) is 0 Å². The second kappa shape index (κ2) is 85.6. The highest BCUT2D eigenvalue weighted by Crippen LogP contribution is 2.67. The van der Waals surface area contributed by atoms with Crippen LogP contribution in [0.2, 0.25) is 0 Å². The minimum Gasteiger partial charge on any atom is -0.0683 e. The Kier molecular flexibility index (Phi) is 87.1. The molecule has 0 heteroatoms. The van der Waals surface area contributed by atoms with Crippen LogP contribution in [0, 0.1) is 107 Å². The fraction of sp³-hybridized carbons (Fsp3) is 1.00. The lowest BCUT2D eigenvalue weighted by Crippen LogP contribution is -2.43. The van der Waals surface area contributed by atoms with Crippen molar-refractivity contribution in [2.75, 3.05) is 0 Å². The Morgan fingerprint density at radius 3 is 0.425 bits per heavy atom. The van der Waals surface area contributed by atoms with Gasteiger partial charge in [0.2, 0.25) is 0 Å². The quantitative estimate of drug-likeness (QED) is 0.168. The number of hydrogen-bond donors (Lipinski definition) is 0. The first kappa shape index (κ1) is 115. The molecule has 0 aliphatic heterocycles. The van der Waals surface area contributed by atoms with Crippen LogP contribution in [0.15, 0.2) is 0 Å². The SMILES string of the molecule is C1C2CC3CC1CC(C2)C3.C1CC1.C1CC2CC1C1C3CCC(C3)C21.C1CC2CCC1C2.C1CCC1.C1CCC2C(C1)CCC1C3CCCC3CCC21.C1CCCC1.C1CCCCC1.C1CCCCCC1.C1CCCCCCC1.C1CCCCCCCCCCC1.CC.CC.CC.CC.CC.CC.CC.CC.CC.CC.CC. The number of rotatable bonds is 0. The van der Waals surface area contributed by atoms with Crippen LogP contribution in [-0.2, 0) is 0 Å². The second-order valence-corrected chi connectivity index (χ2v) is 37.3. The number of fused-ring (bicyclic) bond motifs is 16. The van der Waals surface area contributed by atoms with Gasteiger partial charge in [0.1, 0.15) is 0 Å². The summed E-state index contributed by atoms with van der Waals surface area (Å²) in [4.78, 5) is 0. The first-order valence-corrected chi connectivity index (χ1v) is 56.2. The third kappa shape index (κ3) is 51.6. The van der Waals surface area contributed by atoms with Crippen LogP contribution < -0.4 is 0 Å². The molecule has 0 aromatic rings. The zero-order valence-electron chi connectivity index (χ0n) is 84.0. The van der Waals surface area contributed by atoms with Crippen molar-refractivity contribution in [3.05, 3.63) is 0 Å². The third-order valence-electron chi connectivity index (χ3n) is 30.2. The molecule has 21 saturated carbocycles. The van der Waals surface area contributed by atoms with Gasteiger partial charge in [-0.1, -0.05) is 499 Å². The van der Waals surface area contributed by atoms with Crippen LogP contribution in [0.5, 0.6) is 0 Å². The molecule has 0 nitrogen and oxygen atoms in total. The van der Waals surface area contributed by atoms with Gasteiger partial charge in [-0.3, -0.25) is 0 Å². The molecule has 0 amide bonds. The highest BCUT2D eigenvalue weighted by molar-refractivity contribution is 5.08. The average Bonchev–Trinajstić information content (AvgIpc) is 1.57. The zero-order chi connectivity index (χ0) is 84.0. The second-order valence-electron chi connectivity index (χ2n) is 37.3. The van der Waals surface area contributed by atoms with Crippen LogP contribution >= 0.6 is 0 Å². The standard InChI is InChI=1S/C17H28.C12H18.C12H24.C10H16.C8H16.C7H12.C7H14.C6H12.C5H10.C4H8.C3H6.11C2H6/c1-2-6-14-12(4-1)8-10-17-15-7-3-5-13(15)9-11-16(14)17;1-2-8-5-7(1)11-9-3-4-10(6-9)12(8)11;1-2-4-6-8-10-12-11-9-7-5-3-1;1-7-2-9-4-8(1)5-10(3-7)6-9;1-2-4-6-8-7-5-3-1;1-2-7-4-3-6(1)5-7;1-2-4-6-7-5-3-1;1-2-4-6-5-3-1;1-2-4-5-3-1;1-2-4-3-1;1-2-3-1;11*1-2/h12-17H,1-11H2;7-12H,1-6H2;1-12H2;7-10H,1-6H2;1-8H2;6-7H,1-5H2;1-7H2;1-6H2;1-5H2;1-4H2;1-3H2;11*1-2H3. The predicted molar refractivity (Wildman–Crippen MR) is 525 cm³/mol. The molecule has 0 spiro atoms. The Labute approximate surface area is 723 Å². The molecule has 0 radical (unpaired) electrons. The van der Waals surface area contributed by atoms with Crippen LogP contribution in [-0.4, -0.2) is 0 Å². The molecular formula is C113H230. The highest BCUT2D eigenvalue weighted by atomic mass is 14.6. The smallest absolute Gasteiger partial charge is 0.0323 e. The van der Waals surface area contributed by atoms with Crippen molar-refractivity contribution < 1.29 is 0 Å². The van der Waals surface area contributed by atoms with E-state index in [-0.39, 0.29) is 0 Å². The maximum absolute atomic E-state index is 2.00. The van der Waals surface area contributed by atoms with Crippen LogP contribution in [0.4, 0.5) is 0 Å². The number of hydrogen-bond acceptors (Lipinski definition) is 0. The van der Waals surface area contributed by atoms with Gasteiger partial charge in [0.15, 0.2) is 0 Å². The summed E-state index contributed by atoms with van der Waals surface area (Å²) < 4.78 is 0. The Balaban J connectivity index is 0. The Hall–Kier alpha value is 0. The Morgan fingerprint density at radius 1 is 0.0973 bits per heavy atom. The van der Waals surface area contributed by atoms with E-state index in [4.69, 9.17) is 0 Å². The van der Waals surface area contributed by atoms with E-state index in [0.717, 1.165) is 11.8 Å². The average molecular weight is 1590 g/mol. The van der Waals surface area contributed by atoms with Gasteiger partial charge in [-0.25, -0.2) is 0 Å². The zero-order valence-corrected chi connectivity index (χ0v) is 84.0. The molecular weight excluding hydrogens is 1360 g/mol. The molecule has 0 N–H and O–H groups in total. The third-order valence-corrected chi connectivity index (χ3v) is 30.2. The lowest BCUT2D eigenvalue weighted by atomic mass is 9.54. The van der Waals surface area contributed by atoms with E-state index >= 15 is 0 Å². The summed E-state index contributed by atoms with van der Waals surface area (Å²) in [5, 5.41) is 0. The molecule has 0 aromatic heterocycles. The molecule has 10 bridgehead atoms. The van der Waals surface area contributed by atoms with Crippen molar-refractivity contribution in [1.82, 2.24) is 0 Å². The van der Waals surface area contributed by atoms with Crippen molar-refractivity contribution >= 4 is 0 Å². The van der Waals surface area contributed by atoms with Gasteiger partial charge >= 0.3 is 0 Å². The predicted octanol–water partition coefficient (Wildman–Crippen LogP) is 42.0. The highest BCUT2D eigenvalue weighted by Gasteiger charge is 2.59. The Bertz CT molecular complexity index is 1530. The molecule has 113 heavy (non-hydrogen) atoms. The van der Waals surface area contributed by atoms with Crippen molar-refractivity contribution in [3.8, 4) is 0 Å². The summed E-state index contributed by atoms with van der Waals surface area (Å²) in [6.45, 7) is 44.0. The molecule has 0 heterocycles. The topological polar surface area (TPSA) is 0 Å². The van der Waals surface area contributed by atoms with E-state index in [1.165, 1.54) is 384 Å². The van der Waals surface area contributed by atoms with E-state index in [2.05, 4.69) is 0 Å². The van der Waals surface area contributed by atoms with Gasteiger partial charge in [-0.2, -0.15) is 0 Å². The van der Waals surface area contributed by atoms with Gasteiger partial charge < -0.3 is 0 Å². The molecule has 10 atom stereocenters. The van der Waals surface area contributed by atoms with Crippen molar-refractivity contribution in [1.29, 1.82) is 0 Å². The largest absolute Gasteiger partial charge is 0.0683 e. The Morgan fingerprint density at radius 2 is 0.248 bits per heavy atom. The first-order valence-electron chi connectivity index (χ1n) is 56.2. The molecule has 21 aliphatic carbocycles. The van der Waals surface area contributed by atoms with Crippen molar-refractivity contribution in [3.63, 3.8) is 0 Å². The molecule has 10 unspecified atom stereocenters. The fourth-order valence-electron chi connectivity index (χ4n) is 25.1. The van der Waals surface area contributed by atoms with E-state index in [1.807, 2.05) is 152 Å². The lowest BCUT2D eigenvalue weighted by Gasteiger charge is -2.51. The summed E-state index contributed by atoms with van der Waals surface area (Å²) in [5.41, 5.74) is 0. The van der Waals surface area contributed by atoms with E-state index in [1.54, 1.807) is 180 Å². The molecule has 0 saturated heterocycles. The summed E-state index contributed by atoms with van der Waals surface area (Å²) in [7, 11) is 0. The molecule has 682 valence electrons. The normalized spacial score (nSPS) is 33.3. The summed E-state index contributed by atoms with van der Waals surface area (Å²) in [6.07, 6.45) is 112. The van der Waals surface area contributed by atoms with Crippen molar-refractivity contribution in [2.24, 2.45) is 107 Å². The van der Waals surface area contributed by atoms with Crippen molar-refractivity contribution in [2.45, 2.75) is 621 Å². The lowest BCUT2D eigenvalue weighted by molar-refractivity contribution is -0.0184. The maximum atomic E-state index is 2.00. The minimum atomic E-state index is 1.16. The summed E-state index contributed by atoms with van der Waals surface area (Å²) >= 11 is 0. The van der Waals surface area contributed by atoms with Gasteiger partial charge in [0.05, 0.1) is 0 Å². The van der Waals surface area contributed by atoms with Crippen LogP contribution in [0.3, 0.4) is 0 Å². The molecule has 21 rings (SSSR count). The van der Waals surface area contributed by atoms with Gasteiger partial charge in [0.25, 0.3) is 0 Å². The maximum Gasteiger partial charge on any atom is -0.0323 e.